The molecule has 6 nitrogen and oxygen atoms in total. The highest BCUT2D eigenvalue weighted by atomic mass is 16.1. The van der Waals surface area contributed by atoms with Crippen LogP contribution in [0.3, 0.4) is 0 Å². The predicted octanol–water partition coefficient (Wildman–Crippen LogP) is 0.798. The Morgan fingerprint density at radius 1 is 1.32 bits per heavy atom. The molecule has 1 aliphatic heterocycles. The Kier molecular flexibility index (Phi) is 4.20. The molecule has 0 fully saturated rings. The number of nitrogens with zero attached hydrogens (tertiary/aromatic N) is 3. The molecule has 0 saturated heterocycles. The molecule has 3 rings (SSSR count). The van der Waals surface area contributed by atoms with Crippen LogP contribution in [0.5, 0.6) is 0 Å². The third-order valence-corrected chi connectivity index (χ3v) is 4.05. The molecule has 1 aliphatic rings. The number of nitrogens with one attached hydrogen (secondary N) is 2. The summed E-state index contributed by atoms with van der Waals surface area (Å²) < 4.78 is 0. The molecule has 2 aromatic rings. The minimum Gasteiger partial charge on any atom is -0.339 e. The lowest BCUT2D eigenvalue weighted by atomic mass is 10.1. The second kappa shape index (κ2) is 6.27. The fraction of sp³-hybridized carbons (Fsp3) is 0.438. The van der Waals surface area contributed by atoms with Gasteiger partial charge in [-0.1, -0.05) is 6.07 Å². The highest BCUT2D eigenvalue weighted by Gasteiger charge is 2.16. The first kappa shape index (κ1) is 14.7. The Labute approximate surface area is 129 Å². The second-order valence-electron chi connectivity index (χ2n) is 5.69. The second-order valence-corrected chi connectivity index (χ2v) is 5.69. The lowest BCUT2D eigenvalue weighted by Gasteiger charge is -2.19. The Morgan fingerprint density at radius 3 is 2.95 bits per heavy atom. The summed E-state index contributed by atoms with van der Waals surface area (Å²) in [5, 5.41) is 3.30. The fourth-order valence-corrected chi connectivity index (χ4v) is 2.71. The number of aromatic nitrogens is 3. The summed E-state index contributed by atoms with van der Waals surface area (Å²) in [6.45, 7) is 4.35. The molecule has 0 spiro atoms. The quantitative estimate of drug-likeness (QED) is 0.877. The van der Waals surface area contributed by atoms with Gasteiger partial charge in [0.15, 0.2) is 0 Å². The van der Waals surface area contributed by atoms with Gasteiger partial charge in [0.2, 0.25) is 5.95 Å². The summed E-state index contributed by atoms with van der Waals surface area (Å²) >= 11 is 0. The number of fused-ring (bicyclic) bond motifs is 1. The van der Waals surface area contributed by atoms with Gasteiger partial charge in [0.1, 0.15) is 0 Å². The number of H-pyrrole nitrogens is 1. The monoisotopic (exact) mass is 299 g/mol. The van der Waals surface area contributed by atoms with Gasteiger partial charge in [-0.25, -0.2) is 4.98 Å². The number of hydrogen-bond donors (Lipinski definition) is 2. The first-order valence-corrected chi connectivity index (χ1v) is 7.59. The van der Waals surface area contributed by atoms with Crippen molar-refractivity contribution in [2.45, 2.75) is 26.3 Å². The minimum atomic E-state index is -0.0201. The van der Waals surface area contributed by atoms with E-state index in [0.29, 0.717) is 12.5 Å². The molecular weight excluding hydrogens is 278 g/mol. The van der Waals surface area contributed by atoms with Crippen molar-refractivity contribution in [1.29, 1.82) is 0 Å². The van der Waals surface area contributed by atoms with Gasteiger partial charge in [-0.2, -0.15) is 0 Å². The summed E-state index contributed by atoms with van der Waals surface area (Å²) in [6, 6.07) is 3.96. The van der Waals surface area contributed by atoms with Gasteiger partial charge in [0.25, 0.3) is 5.56 Å². The van der Waals surface area contributed by atoms with Gasteiger partial charge in [-0.3, -0.25) is 14.8 Å². The third-order valence-electron chi connectivity index (χ3n) is 4.05. The van der Waals surface area contributed by atoms with Gasteiger partial charge < -0.3 is 10.2 Å². The van der Waals surface area contributed by atoms with E-state index < -0.39 is 0 Å². The summed E-state index contributed by atoms with van der Waals surface area (Å²) in [5.41, 5.74) is 3.83. The summed E-state index contributed by atoms with van der Waals surface area (Å²) in [6.07, 6.45) is 3.32. The molecule has 0 saturated carbocycles. The molecule has 0 aromatic carbocycles. The lowest BCUT2D eigenvalue weighted by molar-refractivity contribution is 0.707. The van der Waals surface area contributed by atoms with Gasteiger partial charge in [0.05, 0.1) is 17.9 Å². The van der Waals surface area contributed by atoms with Crippen LogP contribution in [0.15, 0.2) is 23.1 Å². The molecule has 0 radical (unpaired) electrons. The third kappa shape index (κ3) is 3.01. The van der Waals surface area contributed by atoms with Crippen molar-refractivity contribution in [2.75, 3.05) is 25.0 Å². The lowest BCUT2D eigenvalue weighted by Crippen LogP contribution is -2.26. The van der Waals surface area contributed by atoms with Crippen molar-refractivity contribution < 1.29 is 0 Å². The normalized spacial score (nSPS) is 14.3. The van der Waals surface area contributed by atoms with Crippen LogP contribution in [-0.4, -0.2) is 35.1 Å². The zero-order chi connectivity index (χ0) is 15.5. The Morgan fingerprint density at radius 2 is 2.14 bits per heavy atom. The topological polar surface area (TPSA) is 73.9 Å². The number of rotatable bonds is 3. The van der Waals surface area contributed by atoms with Crippen LogP contribution in [0.2, 0.25) is 0 Å². The van der Waals surface area contributed by atoms with E-state index in [-0.39, 0.29) is 5.56 Å². The van der Waals surface area contributed by atoms with Crippen molar-refractivity contribution in [3.05, 3.63) is 51.2 Å². The molecule has 0 aliphatic carbocycles. The zero-order valence-electron chi connectivity index (χ0n) is 13.0. The molecule has 22 heavy (non-hydrogen) atoms. The smallest absolute Gasteiger partial charge is 0.255 e. The van der Waals surface area contributed by atoms with Gasteiger partial charge >= 0.3 is 0 Å². The molecule has 6 heteroatoms. The van der Waals surface area contributed by atoms with E-state index in [9.17, 15) is 4.79 Å². The maximum atomic E-state index is 12.3. The highest BCUT2D eigenvalue weighted by molar-refractivity contribution is 5.35. The Bertz CT molecular complexity index is 725. The van der Waals surface area contributed by atoms with Crippen molar-refractivity contribution in [3.8, 4) is 0 Å². The number of aryl methyl sites for hydroxylation is 1. The SMILES string of the molecule is Cc1cccnc1CN(C)c1nc2c(c(=O)[nH]1)CCNCC2. The molecule has 0 amide bonds. The Balaban J connectivity index is 1.88. The van der Waals surface area contributed by atoms with Crippen molar-refractivity contribution in [1.82, 2.24) is 20.3 Å². The molecule has 2 aromatic heterocycles. The first-order chi connectivity index (χ1) is 10.6. The van der Waals surface area contributed by atoms with Crippen LogP contribution in [0.1, 0.15) is 22.5 Å². The van der Waals surface area contributed by atoms with E-state index in [4.69, 9.17) is 0 Å². The highest BCUT2D eigenvalue weighted by Crippen LogP contribution is 2.13. The molecule has 0 unspecified atom stereocenters. The van der Waals surface area contributed by atoms with Gasteiger partial charge in [0, 0.05) is 31.8 Å². The first-order valence-electron chi connectivity index (χ1n) is 7.59. The molecule has 0 bridgehead atoms. The van der Waals surface area contributed by atoms with Crippen LogP contribution < -0.4 is 15.8 Å². The summed E-state index contributed by atoms with van der Waals surface area (Å²) in [4.78, 5) is 26.2. The van der Waals surface area contributed by atoms with Crippen LogP contribution in [0, 0.1) is 6.92 Å². The largest absolute Gasteiger partial charge is 0.339 e. The summed E-state index contributed by atoms with van der Waals surface area (Å²) in [7, 11) is 1.92. The number of pyridine rings is 1. The number of anilines is 1. The number of hydrogen-bond acceptors (Lipinski definition) is 5. The van der Waals surface area contributed by atoms with Crippen LogP contribution in [0.25, 0.3) is 0 Å². The molecule has 0 atom stereocenters. The standard InChI is InChI=1S/C16H21N5O/c1-11-4-3-7-18-14(11)10-21(2)16-19-13-6-9-17-8-5-12(13)15(22)20-16/h3-4,7,17H,5-6,8-10H2,1-2H3,(H,19,20,22). The molecule has 116 valence electrons. The fourth-order valence-electron chi connectivity index (χ4n) is 2.71. The molecule has 2 N–H and O–H groups in total. The average Bonchev–Trinajstić information content (AvgIpc) is 2.75. The van der Waals surface area contributed by atoms with Crippen LogP contribution >= 0.6 is 0 Å². The average molecular weight is 299 g/mol. The van der Waals surface area contributed by atoms with E-state index >= 15 is 0 Å². The molecule has 3 heterocycles. The number of aromatic amines is 1. The predicted molar refractivity (Wildman–Crippen MR) is 86.2 cm³/mol. The van der Waals surface area contributed by atoms with E-state index in [1.807, 2.05) is 31.0 Å². The summed E-state index contributed by atoms with van der Waals surface area (Å²) in [5.74, 6) is 0.607. The van der Waals surface area contributed by atoms with Crippen molar-refractivity contribution >= 4 is 5.95 Å². The van der Waals surface area contributed by atoms with Crippen LogP contribution in [0.4, 0.5) is 5.95 Å². The van der Waals surface area contributed by atoms with E-state index in [1.165, 1.54) is 0 Å². The van der Waals surface area contributed by atoms with Crippen LogP contribution in [-0.2, 0) is 19.4 Å². The van der Waals surface area contributed by atoms with E-state index in [0.717, 1.165) is 48.4 Å². The van der Waals surface area contributed by atoms with Gasteiger partial charge in [-0.15, -0.1) is 0 Å². The zero-order valence-corrected chi connectivity index (χ0v) is 13.0. The molecular formula is C16H21N5O. The maximum Gasteiger partial charge on any atom is 0.255 e. The van der Waals surface area contributed by atoms with Crippen molar-refractivity contribution in [3.63, 3.8) is 0 Å². The minimum absolute atomic E-state index is 0.0201. The van der Waals surface area contributed by atoms with E-state index in [1.54, 1.807) is 6.20 Å². The van der Waals surface area contributed by atoms with Crippen molar-refractivity contribution in [2.24, 2.45) is 0 Å². The maximum absolute atomic E-state index is 12.3. The Hall–Kier alpha value is -2.21. The van der Waals surface area contributed by atoms with Gasteiger partial charge in [-0.05, 0) is 31.5 Å². The van der Waals surface area contributed by atoms with E-state index in [2.05, 4.69) is 20.3 Å².